The summed E-state index contributed by atoms with van der Waals surface area (Å²) in [6.07, 6.45) is 2.01. The number of carboxylic acids is 1. The predicted molar refractivity (Wildman–Crippen MR) is 101 cm³/mol. The third kappa shape index (κ3) is 3.77. The van der Waals surface area contributed by atoms with Gasteiger partial charge in [0.15, 0.2) is 0 Å². The van der Waals surface area contributed by atoms with Gasteiger partial charge in [-0.3, -0.25) is 14.5 Å². The maximum atomic E-state index is 13.1. The molecule has 28 heavy (non-hydrogen) atoms. The van der Waals surface area contributed by atoms with Gasteiger partial charge in [-0.15, -0.1) is 10.2 Å². The molecule has 8 heteroatoms. The number of carbonyl (C=O) groups is 2. The van der Waals surface area contributed by atoms with E-state index in [4.69, 9.17) is 0 Å². The van der Waals surface area contributed by atoms with Gasteiger partial charge in [-0.1, -0.05) is 29.8 Å². The Bertz CT molecular complexity index is 888. The smallest absolute Gasteiger partial charge is 0.322 e. The lowest BCUT2D eigenvalue weighted by Gasteiger charge is -2.34. The molecule has 148 valence electrons. The van der Waals surface area contributed by atoms with Crippen LogP contribution in [0, 0.1) is 13.8 Å². The molecule has 8 nitrogen and oxygen atoms in total. The van der Waals surface area contributed by atoms with Gasteiger partial charge in [0.25, 0.3) is 0 Å². The van der Waals surface area contributed by atoms with Crippen molar-refractivity contribution >= 4 is 11.9 Å². The Hall–Kier alpha value is -2.74. The molecule has 0 radical (unpaired) electrons. The summed E-state index contributed by atoms with van der Waals surface area (Å²) in [5.74, 6) is 0.451. The quantitative estimate of drug-likeness (QED) is 0.810. The number of fused-ring (bicyclic) bond motifs is 1. The highest BCUT2D eigenvalue weighted by molar-refractivity contribution is 5.80. The van der Waals surface area contributed by atoms with E-state index in [1.807, 2.05) is 47.6 Å². The zero-order valence-corrected chi connectivity index (χ0v) is 16.2. The number of aliphatic carboxylic acids is 1. The van der Waals surface area contributed by atoms with E-state index in [2.05, 4.69) is 10.2 Å². The third-order valence-electron chi connectivity index (χ3n) is 5.56. The normalized spacial score (nSPS) is 19.3. The minimum Gasteiger partial charge on any atom is -0.480 e. The van der Waals surface area contributed by atoms with E-state index in [1.54, 1.807) is 4.90 Å². The topological polar surface area (TPSA) is 91.6 Å². The van der Waals surface area contributed by atoms with E-state index in [1.165, 1.54) is 5.56 Å². The average Bonchev–Trinajstić information content (AvgIpc) is 3.44. The van der Waals surface area contributed by atoms with Gasteiger partial charge in [-0.2, -0.15) is 0 Å². The second-order valence-corrected chi connectivity index (χ2v) is 7.77. The van der Waals surface area contributed by atoms with Crippen molar-refractivity contribution in [1.29, 1.82) is 0 Å². The van der Waals surface area contributed by atoms with Crippen molar-refractivity contribution in [3.05, 3.63) is 47.0 Å². The van der Waals surface area contributed by atoms with E-state index in [-0.39, 0.29) is 25.0 Å². The molecule has 1 amide bonds. The van der Waals surface area contributed by atoms with Crippen molar-refractivity contribution in [3.8, 4) is 0 Å². The minimum atomic E-state index is -0.928. The van der Waals surface area contributed by atoms with E-state index in [0.29, 0.717) is 24.7 Å². The van der Waals surface area contributed by atoms with Crippen LogP contribution in [0.15, 0.2) is 24.3 Å². The highest BCUT2D eigenvalue weighted by Crippen LogP contribution is 2.29. The van der Waals surface area contributed by atoms with Gasteiger partial charge >= 0.3 is 5.97 Å². The molecule has 1 aromatic carbocycles. The Balaban J connectivity index is 1.50. The molecule has 1 aromatic heterocycles. The molecular weight excluding hydrogens is 358 g/mol. The summed E-state index contributed by atoms with van der Waals surface area (Å²) in [6.45, 7) is 5.06. The number of carbonyl (C=O) groups excluding carboxylic acids is 1. The summed E-state index contributed by atoms with van der Waals surface area (Å²) in [5, 5.41) is 17.8. The van der Waals surface area contributed by atoms with Crippen molar-refractivity contribution in [2.45, 2.75) is 58.4 Å². The Morgan fingerprint density at radius 3 is 2.54 bits per heavy atom. The van der Waals surface area contributed by atoms with Crippen LogP contribution in [0.5, 0.6) is 0 Å². The largest absolute Gasteiger partial charge is 0.480 e. The number of aryl methyl sites for hydroxylation is 2. The molecule has 0 bridgehead atoms. The predicted octanol–water partition coefficient (Wildman–Crippen LogP) is 1.35. The van der Waals surface area contributed by atoms with Crippen LogP contribution in [-0.2, 0) is 29.2 Å². The monoisotopic (exact) mass is 383 g/mol. The first-order chi connectivity index (χ1) is 13.4. The van der Waals surface area contributed by atoms with Gasteiger partial charge in [-0.05, 0) is 32.3 Å². The van der Waals surface area contributed by atoms with Gasteiger partial charge in [0.2, 0.25) is 5.91 Å². The van der Waals surface area contributed by atoms with Crippen molar-refractivity contribution in [2.75, 3.05) is 6.54 Å². The molecule has 1 fully saturated rings. The molecular formula is C20H25N5O3. The summed E-state index contributed by atoms with van der Waals surface area (Å²) in [7, 11) is 0. The molecule has 1 aliphatic carbocycles. The SMILES string of the molecule is Cc1ccc(CN(C(=O)CN2Cc3nnc(C)n3CC2C(=O)O)C2CC2)cc1. The van der Waals surface area contributed by atoms with E-state index >= 15 is 0 Å². The van der Waals surface area contributed by atoms with Crippen LogP contribution < -0.4 is 0 Å². The standard InChI is InChI=1S/C20H25N5O3/c1-13-3-5-15(6-4-13)9-25(16-7-8-16)19(26)12-23-11-18-22-21-14(2)24(18)10-17(23)20(27)28/h3-6,16-17H,7-12H2,1-2H3,(H,27,28). The summed E-state index contributed by atoms with van der Waals surface area (Å²) in [4.78, 5) is 28.5. The average molecular weight is 383 g/mol. The fraction of sp³-hybridized carbons (Fsp3) is 0.500. The lowest BCUT2D eigenvalue weighted by molar-refractivity contribution is -0.147. The number of benzene rings is 1. The van der Waals surface area contributed by atoms with E-state index in [0.717, 1.165) is 18.4 Å². The maximum Gasteiger partial charge on any atom is 0.322 e. The Kier molecular flexibility index (Phi) is 4.89. The zero-order chi connectivity index (χ0) is 19.8. The molecule has 2 aliphatic rings. The van der Waals surface area contributed by atoms with Crippen LogP contribution in [-0.4, -0.2) is 60.2 Å². The van der Waals surface area contributed by atoms with Gasteiger partial charge < -0.3 is 14.6 Å². The number of rotatable bonds is 6. The van der Waals surface area contributed by atoms with Crippen LogP contribution in [0.2, 0.25) is 0 Å². The van der Waals surface area contributed by atoms with Gasteiger partial charge in [-0.25, -0.2) is 0 Å². The van der Waals surface area contributed by atoms with Gasteiger partial charge in [0, 0.05) is 12.6 Å². The molecule has 1 N–H and O–H groups in total. The van der Waals surface area contributed by atoms with Gasteiger partial charge in [0.1, 0.15) is 17.7 Å². The highest BCUT2D eigenvalue weighted by Gasteiger charge is 2.38. The van der Waals surface area contributed by atoms with Crippen LogP contribution in [0.3, 0.4) is 0 Å². The molecule has 1 atom stereocenters. The van der Waals surface area contributed by atoms with Crippen molar-refractivity contribution in [2.24, 2.45) is 0 Å². The number of carboxylic acid groups (broad SMARTS) is 1. The first-order valence-corrected chi connectivity index (χ1v) is 9.63. The lowest BCUT2D eigenvalue weighted by atomic mass is 10.1. The Labute approximate surface area is 163 Å². The van der Waals surface area contributed by atoms with Gasteiger partial charge in [0.05, 0.1) is 19.6 Å². The second-order valence-electron chi connectivity index (χ2n) is 7.77. The van der Waals surface area contributed by atoms with Crippen LogP contribution in [0.25, 0.3) is 0 Å². The van der Waals surface area contributed by atoms with Crippen LogP contribution in [0.1, 0.15) is 35.6 Å². The third-order valence-corrected chi connectivity index (χ3v) is 5.56. The van der Waals surface area contributed by atoms with Crippen molar-refractivity contribution in [1.82, 2.24) is 24.6 Å². The fourth-order valence-electron chi connectivity index (χ4n) is 3.72. The minimum absolute atomic E-state index is 0.0287. The number of aromatic nitrogens is 3. The number of hydrogen-bond acceptors (Lipinski definition) is 5. The van der Waals surface area contributed by atoms with Crippen molar-refractivity contribution < 1.29 is 14.7 Å². The highest BCUT2D eigenvalue weighted by atomic mass is 16.4. The molecule has 0 spiro atoms. The number of amides is 1. The first kappa shape index (κ1) is 18.6. The van der Waals surface area contributed by atoms with Crippen LogP contribution in [0.4, 0.5) is 0 Å². The Morgan fingerprint density at radius 1 is 1.18 bits per heavy atom. The van der Waals surface area contributed by atoms with E-state index in [9.17, 15) is 14.7 Å². The fourth-order valence-corrected chi connectivity index (χ4v) is 3.72. The van der Waals surface area contributed by atoms with Crippen LogP contribution >= 0.6 is 0 Å². The zero-order valence-electron chi connectivity index (χ0n) is 16.2. The molecule has 1 aliphatic heterocycles. The molecule has 0 saturated heterocycles. The first-order valence-electron chi connectivity index (χ1n) is 9.63. The molecule has 4 rings (SSSR count). The lowest BCUT2D eigenvalue weighted by Crippen LogP contribution is -2.52. The number of nitrogens with zero attached hydrogens (tertiary/aromatic N) is 5. The summed E-state index contributed by atoms with van der Waals surface area (Å²) in [6, 6.07) is 7.68. The molecule has 1 unspecified atom stereocenters. The summed E-state index contributed by atoms with van der Waals surface area (Å²) >= 11 is 0. The second kappa shape index (κ2) is 7.35. The summed E-state index contributed by atoms with van der Waals surface area (Å²) in [5.41, 5.74) is 2.28. The molecule has 1 saturated carbocycles. The molecule has 2 aromatic rings. The van der Waals surface area contributed by atoms with E-state index < -0.39 is 12.0 Å². The number of hydrogen-bond donors (Lipinski definition) is 1. The molecule has 2 heterocycles. The maximum absolute atomic E-state index is 13.1. The summed E-state index contributed by atoms with van der Waals surface area (Å²) < 4.78 is 1.82. The van der Waals surface area contributed by atoms with Crippen molar-refractivity contribution in [3.63, 3.8) is 0 Å². The Morgan fingerprint density at radius 2 is 1.89 bits per heavy atom.